The van der Waals surface area contributed by atoms with Crippen molar-refractivity contribution in [2.45, 2.75) is 13.5 Å². The lowest BCUT2D eigenvalue weighted by molar-refractivity contribution is 0.0971. The molecule has 0 saturated heterocycles. The van der Waals surface area contributed by atoms with Gasteiger partial charge in [0, 0.05) is 18.0 Å². The standard InChI is InChI=1S/C13H14N2O2/c1-10-14-7-8-15(10)9-13(16)11-3-5-12(17-2)6-4-11/h3-8H,9H2,1-2H3. The fraction of sp³-hybridized carbons (Fsp3) is 0.231. The van der Waals surface area contributed by atoms with Crippen molar-refractivity contribution >= 4 is 5.78 Å². The highest BCUT2D eigenvalue weighted by Crippen LogP contribution is 2.12. The summed E-state index contributed by atoms with van der Waals surface area (Å²) in [5.41, 5.74) is 0.680. The second kappa shape index (κ2) is 4.82. The molecular formula is C13H14N2O2. The summed E-state index contributed by atoms with van der Waals surface area (Å²) in [7, 11) is 1.60. The zero-order chi connectivity index (χ0) is 12.3. The molecule has 0 fully saturated rings. The van der Waals surface area contributed by atoms with Crippen molar-refractivity contribution in [2.75, 3.05) is 7.11 Å². The van der Waals surface area contributed by atoms with Gasteiger partial charge in [0.05, 0.1) is 13.7 Å². The normalized spacial score (nSPS) is 10.2. The van der Waals surface area contributed by atoms with Gasteiger partial charge in [-0.1, -0.05) is 0 Å². The number of imidazole rings is 1. The van der Waals surface area contributed by atoms with Crippen LogP contribution in [0.1, 0.15) is 16.2 Å². The minimum Gasteiger partial charge on any atom is -0.497 e. The van der Waals surface area contributed by atoms with Gasteiger partial charge < -0.3 is 9.30 Å². The van der Waals surface area contributed by atoms with Crippen molar-refractivity contribution in [1.82, 2.24) is 9.55 Å². The van der Waals surface area contributed by atoms with E-state index in [1.165, 1.54) is 0 Å². The van der Waals surface area contributed by atoms with Gasteiger partial charge in [-0.2, -0.15) is 0 Å². The number of ketones is 1. The van der Waals surface area contributed by atoms with E-state index in [-0.39, 0.29) is 5.78 Å². The zero-order valence-electron chi connectivity index (χ0n) is 9.88. The number of carbonyl (C=O) groups is 1. The number of methoxy groups -OCH3 is 1. The number of nitrogens with zero attached hydrogens (tertiary/aromatic N) is 2. The molecule has 0 aliphatic carbocycles. The molecule has 1 heterocycles. The van der Waals surface area contributed by atoms with Gasteiger partial charge in [0.1, 0.15) is 11.6 Å². The van der Waals surface area contributed by atoms with E-state index in [1.54, 1.807) is 43.8 Å². The first-order chi connectivity index (χ1) is 8.20. The van der Waals surface area contributed by atoms with Crippen LogP contribution >= 0.6 is 0 Å². The van der Waals surface area contributed by atoms with Crippen LogP contribution in [0.2, 0.25) is 0 Å². The predicted octanol–water partition coefficient (Wildman–Crippen LogP) is 2.08. The van der Waals surface area contributed by atoms with Crippen LogP contribution in [0, 0.1) is 6.92 Å². The molecule has 0 saturated carbocycles. The highest BCUT2D eigenvalue weighted by Gasteiger charge is 2.08. The summed E-state index contributed by atoms with van der Waals surface area (Å²) in [5, 5.41) is 0. The van der Waals surface area contributed by atoms with Gasteiger partial charge in [-0.3, -0.25) is 4.79 Å². The Balaban J connectivity index is 2.12. The van der Waals surface area contributed by atoms with Crippen molar-refractivity contribution in [3.63, 3.8) is 0 Å². The van der Waals surface area contributed by atoms with Gasteiger partial charge in [-0.15, -0.1) is 0 Å². The second-order valence-corrected chi connectivity index (χ2v) is 3.75. The van der Waals surface area contributed by atoms with Gasteiger partial charge in [0.25, 0.3) is 0 Å². The summed E-state index contributed by atoms with van der Waals surface area (Å²) >= 11 is 0. The summed E-state index contributed by atoms with van der Waals surface area (Å²) in [5.74, 6) is 1.65. The molecule has 2 aromatic rings. The van der Waals surface area contributed by atoms with Crippen molar-refractivity contribution < 1.29 is 9.53 Å². The first-order valence-corrected chi connectivity index (χ1v) is 5.35. The smallest absolute Gasteiger partial charge is 0.182 e. The van der Waals surface area contributed by atoms with Crippen molar-refractivity contribution in [1.29, 1.82) is 0 Å². The maximum atomic E-state index is 12.0. The number of benzene rings is 1. The Kier molecular flexibility index (Phi) is 3.23. The molecule has 4 heteroatoms. The summed E-state index contributed by atoms with van der Waals surface area (Å²) < 4.78 is 6.87. The van der Waals surface area contributed by atoms with Gasteiger partial charge in [0.15, 0.2) is 5.78 Å². The fourth-order valence-corrected chi connectivity index (χ4v) is 1.59. The molecule has 17 heavy (non-hydrogen) atoms. The number of Topliss-reactive ketones (excluding diaryl/α,β-unsaturated/α-hetero) is 1. The summed E-state index contributed by atoms with van der Waals surface area (Å²) in [6.45, 7) is 2.19. The molecule has 0 bridgehead atoms. The minimum absolute atomic E-state index is 0.0637. The molecule has 88 valence electrons. The van der Waals surface area contributed by atoms with E-state index >= 15 is 0 Å². The van der Waals surface area contributed by atoms with Crippen molar-refractivity contribution in [2.24, 2.45) is 0 Å². The highest BCUT2D eigenvalue weighted by molar-refractivity contribution is 5.96. The Bertz CT molecular complexity index is 514. The number of hydrogen-bond acceptors (Lipinski definition) is 3. The first kappa shape index (κ1) is 11.4. The van der Waals surface area contributed by atoms with Crippen LogP contribution in [0.15, 0.2) is 36.7 Å². The molecule has 1 aromatic heterocycles. The van der Waals surface area contributed by atoms with Gasteiger partial charge in [0.2, 0.25) is 0 Å². The Morgan fingerprint density at radius 1 is 1.35 bits per heavy atom. The Labute approximate surface area is 99.9 Å². The molecule has 0 N–H and O–H groups in total. The van der Waals surface area contributed by atoms with Gasteiger partial charge in [-0.05, 0) is 31.2 Å². The minimum atomic E-state index is 0.0637. The summed E-state index contributed by atoms with van der Waals surface area (Å²) in [6, 6.07) is 7.11. The molecule has 0 atom stereocenters. The predicted molar refractivity (Wildman–Crippen MR) is 64.3 cm³/mol. The highest BCUT2D eigenvalue weighted by atomic mass is 16.5. The average molecular weight is 230 g/mol. The van der Waals surface area contributed by atoms with Crippen molar-refractivity contribution in [3.8, 4) is 5.75 Å². The first-order valence-electron chi connectivity index (χ1n) is 5.35. The van der Waals surface area contributed by atoms with E-state index in [0.29, 0.717) is 12.1 Å². The molecule has 0 spiro atoms. The van der Waals surface area contributed by atoms with E-state index in [1.807, 2.05) is 11.5 Å². The maximum absolute atomic E-state index is 12.0. The molecule has 0 radical (unpaired) electrons. The number of carbonyl (C=O) groups excluding carboxylic acids is 1. The lowest BCUT2D eigenvalue weighted by Crippen LogP contribution is -2.10. The lowest BCUT2D eigenvalue weighted by Gasteiger charge is -2.05. The van der Waals surface area contributed by atoms with E-state index in [2.05, 4.69) is 4.98 Å². The number of aryl methyl sites for hydroxylation is 1. The quantitative estimate of drug-likeness (QED) is 0.755. The summed E-state index contributed by atoms with van der Waals surface area (Å²) in [6.07, 6.45) is 3.49. The largest absolute Gasteiger partial charge is 0.497 e. The number of rotatable bonds is 4. The van der Waals surface area contributed by atoms with E-state index in [9.17, 15) is 4.79 Å². The molecule has 0 aliphatic rings. The molecule has 1 aromatic carbocycles. The molecule has 0 aliphatic heterocycles. The fourth-order valence-electron chi connectivity index (χ4n) is 1.59. The zero-order valence-corrected chi connectivity index (χ0v) is 9.88. The second-order valence-electron chi connectivity index (χ2n) is 3.75. The third kappa shape index (κ3) is 2.53. The molecule has 4 nitrogen and oxygen atoms in total. The van der Waals surface area contributed by atoms with Crippen LogP contribution < -0.4 is 4.74 Å². The van der Waals surface area contributed by atoms with Gasteiger partial charge >= 0.3 is 0 Å². The van der Waals surface area contributed by atoms with Crippen LogP contribution in [0.4, 0.5) is 0 Å². The van der Waals surface area contributed by atoms with E-state index in [4.69, 9.17) is 4.74 Å². The third-order valence-corrected chi connectivity index (χ3v) is 2.65. The molecule has 2 rings (SSSR count). The maximum Gasteiger partial charge on any atom is 0.182 e. The van der Waals surface area contributed by atoms with Crippen LogP contribution in [0.5, 0.6) is 5.75 Å². The van der Waals surface area contributed by atoms with Gasteiger partial charge in [-0.25, -0.2) is 4.98 Å². The van der Waals surface area contributed by atoms with Crippen molar-refractivity contribution in [3.05, 3.63) is 48.0 Å². The Hall–Kier alpha value is -2.10. The Morgan fingerprint density at radius 3 is 2.59 bits per heavy atom. The van der Waals surface area contributed by atoms with E-state index in [0.717, 1.165) is 11.6 Å². The molecule has 0 amide bonds. The van der Waals surface area contributed by atoms with Crippen LogP contribution in [0.3, 0.4) is 0 Å². The lowest BCUT2D eigenvalue weighted by atomic mass is 10.1. The Morgan fingerprint density at radius 2 is 2.06 bits per heavy atom. The van der Waals surface area contributed by atoms with E-state index < -0.39 is 0 Å². The monoisotopic (exact) mass is 230 g/mol. The number of aromatic nitrogens is 2. The topological polar surface area (TPSA) is 44.1 Å². The number of ether oxygens (including phenoxy) is 1. The van der Waals surface area contributed by atoms with Crippen LogP contribution in [-0.4, -0.2) is 22.4 Å². The molecular weight excluding hydrogens is 216 g/mol. The third-order valence-electron chi connectivity index (χ3n) is 2.65. The SMILES string of the molecule is COc1ccc(C(=O)Cn2ccnc2C)cc1. The molecule has 0 unspecified atom stereocenters. The van der Waals surface area contributed by atoms with Crippen LogP contribution in [0.25, 0.3) is 0 Å². The number of hydrogen-bond donors (Lipinski definition) is 0. The summed E-state index contributed by atoms with van der Waals surface area (Å²) in [4.78, 5) is 16.1. The van der Waals surface area contributed by atoms with Crippen LogP contribution in [-0.2, 0) is 6.54 Å². The average Bonchev–Trinajstić information content (AvgIpc) is 2.75.